The van der Waals surface area contributed by atoms with Crippen molar-refractivity contribution in [3.63, 3.8) is 0 Å². The number of hydrogen-bond acceptors (Lipinski definition) is 5. The standard InChI is InChI=1S/C22H25BrN2O3S/c1-2-27-21(26)15-17(5-3-4-14-29-22(24)25)16-6-10-19(11-7-16)28-20-12-8-18(23)9-13-20/h6-13,15H,2-5,14H2,1H3,(H3,24,25). The van der Waals surface area contributed by atoms with Crippen molar-refractivity contribution < 1.29 is 14.3 Å². The number of halogens is 1. The molecule has 0 saturated carbocycles. The summed E-state index contributed by atoms with van der Waals surface area (Å²) in [6.45, 7) is 2.14. The molecule has 0 heterocycles. The normalized spacial score (nSPS) is 11.2. The molecule has 0 atom stereocenters. The fourth-order valence-electron chi connectivity index (χ4n) is 2.60. The van der Waals surface area contributed by atoms with E-state index in [1.165, 1.54) is 11.8 Å². The van der Waals surface area contributed by atoms with E-state index < -0.39 is 0 Å². The van der Waals surface area contributed by atoms with E-state index in [4.69, 9.17) is 20.6 Å². The largest absolute Gasteiger partial charge is 0.463 e. The van der Waals surface area contributed by atoms with E-state index in [0.717, 1.165) is 52.1 Å². The molecule has 3 N–H and O–H groups in total. The Morgan fingerprint density at radius 2 is 1.72 bits per heavy atom. The average molecular weight is 477 g/mol. The average Bonchev–Trinajstić information content (AvgIpc) is 2.69. The summed E-state index contributed by atoms with van der Waals surface area (Å²) in [5.41, 5.74) is 7.24. The van der Waals surface area contributed by atoms with Crippen molar-refractivity contribution in [1.82, 2.24) is 0 Å². The second-order valence-electron chi connectivity index (χ2n) is 6.17. The smallest absolute Gasteiger partial charge is 0.331 e. The maximum absolute atomic E-state index is 12.0. The van der Waals surface area contributed by atoms with Crippen LogP contribution in [0.5, 0.6) is 11.5 Å². The van der Waals surface area contributed by atoms with Gasteiger partial charge >= 0.3 is 5.97 Å². The first-order valence-electron chi connectivity index (χ1n) is 9.36. The minimum atomic E-state index is -0.337. The number of ether oxygens (including phenoxy) is 2. The number of carbonyl (C=O) groups is 1. The molecule has 154 valence electrons. The van der Waals surface area contributed by atoms with Gasteiger partial charge in [0.25, 0.3) is 0 Å². The molecule has 0 aromatic heterocycles. The van der Waals surface area contributed by atoms with Gasteiger partial charge in [0, 0.05) is 16.3 Å². The molecule has 29 heavy (non-hydrogen) atoms. The molecule has 0 fully saturated rings. The molecule has 7 heteroatoms. The molecule has 2 aromatic carbocycles. The lowest BCUT2D eigenvalue weighted by molar-refractivity contribution is -0.137. The summed E-state index contributed by atoms with van der Waals surface area (Å²) in [7, 11) is 0. The van der Waals surface area contributed by atoms with Gasteiger partial charge in [-0.15, -0.1) is 0 Å². The molecule has 2 rings (SSSR count). The van der Waals surface area contributed by atoms with Crippen LogP contribution in [0, 0.1) is 5.41 Å². The number of allylic oxidation sites excluding steroid dienone is 1. The summed E-state index contributed by atoms with van der Waals surface area (Å²) in [4.78, 5) is 12.0. The third kappa shape index (κ3) is 8.75. The Kier molecular flexibility index (Phi) is 9.80. The summed E-state index contributed by atoms with van der Waals surface area (Å²) in [6, 6.07) is 15.3. The Morgan fingerprint density at radius 1 is 1.10 bits per heavy atom. The summed E-state index contributed by atoms with van der Waals surface area (Å²) < 4.78 is 11.9. The van der Waals surface area contributed by atoms with E-state index in [-0.39, 0.29) is 11.1 Å². The molecule has 5 nitrogen and oxygen atoms in total. The first-order valence-corrected chi connectivity index (χ1v) is 11.1. The van der Waals surface area contributed by atoms with Crippen LogP contribution in [0.2, 0.25) is 0 Å². The second-order valence-corrected chi connectivity index (χ2v) is 8.22. The minimum Gasteiger partial charge on any atom is -0.463 e. The van der Waals surface area contributed by atoms with Gasteiger partial charge in [-0.2, -0.15) is 0 Å². The summed E-state index contributed by atoms with van der Waals surface area (Å²) in [5.74, 6) is 1.94. The summed E-state index contributed by atoms with van der Waals surface area (Å²) in [6.07, 6.45) is 4.11. The number of esters is 1. The van der Waals surface area contributed by atoms with Crippen molar-refractivity contribution in [2.24, 2.45) is 5.73 Å². The Morgan fingerprint density at radius 3 is 2.31 bits per heavy atom. The quantitative estimate of drug-likeness (QED) is 0.144. The van der Waals surface area contributed by atoms with Crippen LogP contribution in [0.4, 0.5) is 0 Å². The number of benzene rings is 2. The number of rotatable bonds is 10. The molecule has 0 aliphatic carbocycles. The van der Waals surface area contributed by atoms with Gasteiger partial charge < -0.3 is 15.2 Å². The predicted octanol–water partition coefficient (Wildman–Crippen LogP) is 5.98. The molecule has 0 saturated heterocycles. The fourth-order valence-corrected chi connectivity index (χ4v) is 3.43. The number of amidine groups is 1. The van der Waals surface area contributed by atoms with Crippen LogP contribution >= 0.6 is 27.7 Å². The first kappa shape index (κ1) is 23.0. The highest BCUT2D eigenvalue weighted by Crippen LogP contribution is 2.27. The van der Waals surface area contributed by atoms with E-state index in [1.54, 1.807) is 13.0 Å². The van der Waals surface area contributed by atoms with Gasteiger partial charge in [0.05, 0.1) is 6.61 Å². The Hall–Kier alpha value is -2.25. The lowest BCUT2D eigenvalue weighted by Gasteiger charge is -2.10. The molecule has 0 aliphatic heterocycles. The van der Waals surface area contributed by atoms with Crippen molar-refractivity contribution in [2.45, 2.75) is 26.2 Å². The number of thioether (sulfide) groups is 1. The summed E-state index contributed by atoms with van der Waals surface area (Å²) >= 11 is 4.74. The van der Waals surface area contributed by atoms with E-state index in [2.05, 4.69) is 15.9 Å². The molecule has 0 unspecified atom stereocenters. The Labute approximate surface area is 184 Å². The minimum absolute atomic E-state index is 0.133. The van der Waals surface area contributed by atoms with E-state index in [0.29, 0.717) is 6.61 Å². The van der Waals surface area contributed by atoms with Crippen LogP contribution in [0.15, 0.2) is 59.1 Å². The van der Waals surface area contributed by atoms with Gasteiger partial charge in [-0.1, -0.05) is 39.8 Å². The highest BCUT2D eigenvalue weighted by atomic mass is 79.9. The van der Waals surface area contributed by atoms with E-state index >= 15 is 0 Å². The van der Waals surface area contributed by atoms with Gasteiger partial charge in [0.2, 0.25) is 0 Å². The van der Waals surface area contributed by atoms with Crippen LogP contribution in [-0.4, -0.2) is 23.5 Å². The third-order valence-corrected chi connectivity index (χ3v) is 5.28. The molecule has 0 radical (unpaired) electrons. The highest BCUT2D eigenvalue weighted by Gasteiger charge is 2.07. The lowest BCUT2D eigenvalue weighted by atomic mass is 10.00. The molecule has 2 aromatic rings. The van der Waals surface area contributed by atoms with Crippen LogP contribution in [0.3, 0.4) is 0 Å². The number of carbonyl (C=O) groups excluding carboxylic acids is 1. The van der Waals surface area contributed by atoms with Gasteiger partial charge in [-0.25, -0.2) is 4.79 Å². The SMILES string of the molecule is CCOC(=O)C=C(CCCCSC(=N)N)c1ccc(Oc2ccc(Br)cc2)cc1. The summed E-state index contributed by atoms with van der Waals surface area (Å²) in [5, 5.41) is 7.39. The number of unbranched alkanes of at least 4 members (excludes halogenated alkanes) is 1. The van der Waals surface area contributed by atoms with Gasteiger partial charge in [-0.05, 0) is 73.7 Å². The van der Waals surface area contributed by atoms with Crippen molar-refractivity contribution in [1.29, 1.82) is 5.41 Å². The van der Waals surface area contributed by atoms with Crippen molar-refractivity contribution >= 4 is 44.4 Å². The van der Waals surface area contributed by atoms with Crippen LogP contribution < -0.4 is 10.5 Å². The molecule has 0 amide bonds. The maximum Gasteiger partial charge on any atom is 0.331 e. The lowest BCUT2D eigenvalue weighted by Crippen LogP contribution is -2.04. The zero-order valence-electron chi connectivity index (χ0n) is 16.3. The van der Waals surface area contributed by atoms with Crippen LogP contribution in [0.25, 0.3) is 5.57 Å². The molecular weight excluding hydrogens is 452 g/mol. The predicted molar refractivity (Wildman–Crippen MR) is 123 cm³/mol. The molecule has 0 spiro atoms. The van der Waals surface area contributed by atoms with Crippen LogP contribution in [0.1, 0.15) is 31.7 Å². The highest BCUT2D eigenvalue weighted by molar-refractivity contribution is 9.10. The fraction of sp³-hybridized carbons (Fsp3) is 0.273. The third-order valence-electron chi connectivity index (χ3n) is 3.95. The second kappa shape index (κ2) is 12.3. The van der Waals surface area contributed by atoms with E-state index in [9.17, 15) is 4.79 Å². The van der Waals surface area contributed by atoms with Crippen LogP contribution in [-0.2, 0) is 9.53 Å². The molecular formula is C22H25BrN2O3S. The first-order chi connectivity index (χ1) is 14.0. The zero-order chi connectivity index (χ0) is 21.1. The van der Waals surface area contributed by atoms with Gasteiger partial charge in [0.15, 0.2) is 5.17 Å². The number of nitrogens with one attached hydrogen (secondary N) is 1. The van der Waals surface area contributed by atoms with Crippen molar-refractivity contribution in [3.8, 4) is 11.5 Å². The van der Waals surface area contributed by atoms with Crippen molar-refractivity contribution in [3.05, 3.63) is 64.6 Å². The van der Waals surface area contributed by atoms with E-state index in [1.807, 2.05) is 48.5 Å². The monoisotopic (exact) mass is 476 g/mol. The molecule has 0 bridgehead atoms. The van der Waals surface area contributed by atoms with Crippen molar-refractivity contribution in [2.75, 3.05) is 12.4 Å². The van der Waals surface area contributed by atoms with Gasteiger partial charge in [-0.3, -0.25) is 5.41 Å². The zero-order valence-corrected chi connectivity index (χ0v) is 18.7. The Bertz CT molecular complexity index is 836. The number of nitrogens with two attached hydrogens (primary N) is 1. The Balaban J connectivity index is 2.05. The number of hydrogen-bond donors (Lipinski definition) is 2. The topological polar surface area (TPSA) is 85.4 Å². The molecule has 0 aliphatic rings. The van der Waals surface area contributed by atoms with Gasteiger partial charge in [0.1, 0.15) is 11.5 Å². The maximum atomic E-state index is 12.0.